The molecule has 2 aromatic carbocycles. The van der Waals surface area contributed by atoms with E-state index in [0.717, 1.165) is 5.56 Å². The first-order chi connectivity index (χ1) is 14.3. The second-order valence-corrected chi connectivity index (χ2v) is 8.25. The van der Waals surface area contributed by atoms with Gasteiger partial charge in [0.05, 0.1) is 11.7 Å². The highest BCUT2D eigenvalue weighted by molar-refractivity contribution is 6.31. The van der Waals surface area contributed by atoms with Gasteiger partial charge in [0.1, 0.15) is 5.75 Å². The summed E-state index contributed by atoms with van der Waals surface area (Å²) in [5.41, 5.74) is 1.42. The van der Waals surface area contributed by atoms with E-state index in [4.69, 9.17) is 11.6 Å². The van der Waals surface area contributed by atoms with Crippen molar-refractivity contribution in [2.45, 2.75) is 32.4 Å². The van der Waals surface area contributed by atoms with Gasteiger partial charge in [0, 0.05) is 24.5 Å². The number of piperidine rings is 1. The average molecular weight is 430 g/mol. The number of hydrogen-bond acceptors (Lipinski definition) is 4. The number of anilines is 1. The van der Waals surface area contributed by atoms with Gasteiger partial charge in [-0.05, 0) is 56.6 Å². The lowest BCUT2D eigenvalue weighted by Gasteiger charge is -2.36. The monoisotopic (exact) mass is 429 g/mol. The number of likely N-dealkylation sites (N-methyl/N-ethyl adjacent to an activating group) is 1. The van der Waals surface area contributed by atoms with Crippen LogP contribution in [0.2, 0.25) is 5.02 Å². The highest BCUT2D eigenvalue weighted by Crippen LogP contribution is 2.28. The minimum atomic E-state index is -0.236. The van der Waals surface area contributed by atoms with Crippen LogP contribution in [-0.4, -0.2) is 52.9 Å². The summed E-state index contributed by atoms with van der Waals surface area (Å²) in [6.07, 6.45) is 1.32. The number of rotatable bonds is 6. The maximum absolute atomic E-state index is 12.8. The SMILES string of the molecule is CC(C(=O)N(C)Cc1ccccc1)N1CCC(C(=O)Nc2cc(Cl)ccc2O)CC1. The Morgan fingerprint density at radius 1 is 1.20 bits per heavy atom. The summed E-state index contributed by atoms with van der Waals surface area (Å²) < 4.78 is 0. The first-order valence-corrected chi connectivity index (χ1v) is 10.5. The molecule has 2 amide bonds. The van der Waals surface area contributed by atoms with E-state index in [0.29, 0.717) is 43.2 Å². The van der Waals surface area contributed by atoms with Gasteiger partial charge in [0.2, 0.25) is 11.8 Å². The number of carbonyl (C=O) groups is 2. The number of aromatic hydroxyl groups is 1. The van der Waals surface area contributed by atoms with Crippen LogP contribution < -0.4 is 5.32 Å². The maximum Gasteiger partial charge on any atom is 0.239 e. The molecule has 0 bridgehead atoms. The number of hydrogen-bond donors (Lipinski definition) is 2. The van der Waals surface area contributed by atoms with Gasteiger partial charge in [-0.3, -0.25) is 14.5 Å². The second-order valence-electron chi connectivity index (χ2n) is 7.82. The van der Waals surface area contributed by atoms with Crippen molar-refractivity contribution in [3.8, 4) is 5.75 Å². The Kier molecular flexibility index (Phi) is 7.34. The van der Waals surface area contributed by atoms with Crippen molar-refractivity contribution in [1.29, 1.82) is 0 Å². The molecule has 1 unspecified atom stereocenters. The van der Waals surface area contributed by atoms with Crippen molar-refractivity contribution >= 4 is 29.1 Å². The summed E-state index contributed by atoms with van der Waals surface area (Å²) in [7, 11) is 1.82. The van der Waals surface area contributed by atoms with E-state index in [1.54, 1.807) is 11.0 Å². The van der Waals surface area contributed by atoms with Gasteiger partial charge in [0.15, 0.2) is 0 Å². The van der Waals surface area contributed by atoms with Gasteiger partial charge in [-0.15, -0.1) is 0 Å². The number of carbonyl (C=O) groups excluding carboxylic acids is 2. The fourth-order valence-electron chi connectivity index (χ4n) is 3.80. The van der Waals surface area contributed by atoms with Crippen LogP contribution >= 0.6 is 11.6 Å². The molecule has 160 valence electrons. The molecule has 0 spiro atoms. The summed E-state index contributed by atoms with van der Waals surface area (Å²) >= 11 is 5.94. The predicted octanol–water partition coefficient (Wildman–Crippen LogP) is 3.74. The molecule has 1 fully saturated rings. The molecule has 1 aliphatic heterocycles. The van der Waals surface area contributed by atoms with Crippen LogP contribution in [0.3, 0.4) is 0 Å². The van der Waals surface area contributed by atoms with Gasteiger partial charge < -0.3 is 15.3 Å². The second kappa shape index (κ2) is 9.96. The summed E-state index contributed by atoms with van der Waals surface area (Å²) in [5.74, 6) is -0.229. The van der Waals surface area contributed by atoms with E-state index in [-0.39, 0.29) is 29.5 Å². The molecule has 1 heterocycles. The Balaban J connectivity index is 1.51. The van der Waals surface area contributed by atoms with E-state index in [2.05, 4.69) is 10.2 Å². The number of halogens is 1. The van der Waals surface area contributed by atoms with Crippen LogP contribution in [-0.2, 0) is 16.1 Å². The lowest BCUT2D eigenvalue weighted by molar-refractivity contribution is -0.136. The fourth-order valence-corrected chi connectivity index (χ4v) is 3.97. The average Bonchev–Trinajstić information content (AvgIpc) is 2.76. The Hall–Kier alpha value is -2.57. The molecule has 1 saturated heterocycles. The van der Waals surface area contributed by atoms with Gasteiger partial charge in [0.25, 0.3) is 0 Å². The maximum atomic E-state index is 12.8. The van der Waals surface area contributed by atoms with Crippen LogP contribution in [0.5, 0.6) is 5.75 Å². The van der Waals surface area contributed by atoms with Gasteiger partial charge in [-0.2, -0.15) is 0 Å². The Morgan fingerprint density at radius 2 is 1.87 bits per heavy atom. The molecular weight excluding hydrogens is 402 g/mol. The molecule has 1 aliphatic rings. The molecular formula is C23H28ClN3O3. The van der Waals surface area contributed by atoms with Crippen molar-refractivity contribution in [3.05, 3.63) is 59.1 Å². The Bertz CT molecular complexity index is 883. The quantitative estimate of drug-likeness (QED) is 0.686. The highest BCUT2D eigenvalue weighted by atomic mass is 35.5. The summed E-state index contributed by atoms with van der Waals surface area (Å²) in [6.45, 7) is 3.84. The normalized spacial score (nSPS) is 16.1. The Morgan fingerprint density at radius 3 is 2.53 bits per heavy atom. The number of phenolic OH excluding ortho intramolecular Hbond substituents is 1. The van der Waals surface area contributed by atoms with Crippen LogP contribution in [0.25, 0.3) is 0 Å². The first-order valence-electron chi connectivity index (χ1n) is 10.2. The summed E-state index contributed by atoms with van der Waals surface area (Å²) in [5, 5.41) is 13.1. The van der Waals surface area contributed by atoms with E-state index in [1.165, 1.54) is 12.1 Å². The van der Waals surface area contributed by atoms with Crippen molar-refractivity contribution in [1.82, 2.24) is 9.80 Å². The molecule has 2 N–H and O–H groups in total. The van der Waals surface area contributed by atoms with Crippen LogP contribution in [0, 0.1) is 5.92 Å². The molecule has 0 aliphatic carbocycles. The number of nitrogens with zero attached hydrogens (tertiary/aromatic N) is 2. The van der Waals surface area contributed by atoms with E-state index < -0.39 is 0 Å². The number of nitrogens with one attached hydrogen (secondary N) is 1. The lowest BCUT2D eigenvalue weighted by atomic mass is 9.94. The van der Waals surface area contributed by atoms with Crippen LogP contribution in [0.1, 0.15) is 25.3 Å². The summed E-state index contributed by atoms with van der Waals surface area (Å²) in [4.78, 5) is 29.3. The molecule has 30 heavy (non-hydrogen) atoms. The topological polar surface area (TPSA) is 72.9 Å². The van der Waals surface area contributed by atoms with Crippen molar-refractivity contribution in [3.63, 3.8) is 0 Å². The van der Waals surface area contributed by atoms with Crippen molar-refractivity contribution in [2.75, 3.05) is 25.5 Å². The van der Waals surface area contributed by atoms with E-state index in [9.17, 15) is 14.7 Å². The van der Waals surface area contributed by atoms with Crippen LogP contribution in [0.15, 0.2) is 48.5 Å². The van der Waals surface area contributed by atoms with Crippen molar-refractivity contribution < 1.29 is 14.7 Å². The number of amides is 2. The minimum absolute atomic E-state index is 0.00846. The number of phenols is 1. The van der Waals surface area contributed by atoms with Crippen LogP contribution in [0.4, 0.5) is 5.69 Å². The Labute approximate surface area is 182 Å². The molecule has 1 atom stereocenters. The molecule has 0 aromatic heterocycles. The highest BCUT2D eigenvalue weighted by Gasteiger charge is 2.31. The third-order valence-corrected chi connectivity index (χ3v) is 5.90. The van der Waals surface area contributed by atoms with Gasteiger partial charge in [-0.25, -0.2) is 0 Å². The first kappa shape index (κ1) is 22.1. The molecule has 7 heteroatoms. The number of benzene rings is 2. The van der Waals surface area contributed by atoms with Gasteiger partial charge >= 0.3 is 0 Å². The lowest BCUT2D eigenvalue weighted by Crippen LogP contribution is -2.49. The zero-order chi connectivity index (χ0) is 21.7. The smallest absolute Gasteiger partial charge is 0.239 e. The standard InChI is InChI=1S/C23H28ClN3O3/c1-16(23(30)26(2)15-17-6-4-3-5-7-17)27-12-10-18(11-13-27)22(29)25-20-14-19(24)8-9-21(20)28/h3-9,14,16,18,28H,10-13,15H2,1-2H3,(H,25,29). The third kappa shape index (κ3) is 5.52. The molecule has 2 aromatic rings. The zero-order valence-corrected chi connectivity index (χ0v) is 18.1. The molecule has 0 saturated carbocycles. The van der Waals surface area contributed by atoms with Crippen molar-refractivity contribution in [2.24, 2.45) is 5.92 Å². The fraction of sp³-hybridized carbons (Fsp3) is 0.391. The van der Waals surface area contributed by atoms with E-state index in [1.807, 2.05) is 44.3 Å². The predicted molar refractivity (Wildman–Crippen MR) is 118 cm³/mol. The molecule has 0 radical (unpaired) electrons. The number of likely N-dealkylation sites (tertiary alicyclic amines) is 1. The molecule has 3 rings (SSSR count). The minimum Gasteiger partial charge on any atom is -0.506 e. The molecule has 6 nitrogen and oxygen atoms in total. The van der Waals surface area contributed by atoms with Gasteiger partial charge in [-0.1, -0.05) is 41.9 Å². The zero-order valence-electron chi connectivity index (χ0n) is 17.3. The third-order valence-electron chi connectivity index (χ3n) is 5.66. The largest absolute Gasteiger partial charge is 0.506 e. The van der Waals surface area contributed by atoms with E-state index >= 15 is 0 Å². The summed E-state index contributed by atoms with van der Waals surface area (Å²) in [6, 6.07) is 14.2.